The van der Waals surface area contributed by atoms with Gasteiger partial charge in [-0.05, 0) is 6.07 Å². The van der Waals surface area contributed by atoms with E-state index in [2.05, 4.69) is 15.2 Å². The molecule has 3 rings (SSSR count). The van der Waals surface area contributed by atoms with Crippen molar-refractivity contribution in [2.24, 2.45) is 5.73 Å². The van der Waals surface area contributed by atoms with Crippen molar-refractivity contribution in [1.82, 2.24) is 14.7 Å². The lowest BCUT2D eigenvalue weighted by atomic mass is 10.3. The first-order valence-corrected chi connectivity index (χ1v) is 5.98. The van der Waals surface area contributed by atoms with E-state index in [0.29, 0.717) is 5.69 Å². The van der Waals surface area contributed by atoms with Crippen molar-refractivity contribution in [2.45, 2.75) is 0 Å². The number of nitrogens with one attached hydrogen (secondary N) is 1. The Morgan fingerprint density at radius 2 is 2.17 bits per heavy atom. The number of primary amides is 1. The molecule has 2 aromatic heterocycles. The number of imidazole rings is 1. The van der Waals surface area contributed by atoms with Crippen molar-refractivity contribution in [3.8, 4) is 0 Å². The third-order valence-electron chi connectivity index (χ3n) is 3.23. The van der Waals surface area contributed by atoms with Crippen LogP contribution in [0.15, 0.2) is 24.5 Å². The molecule has 1 fully saturated rings. The van der Waals surface area contributed by atoms with Crippen LogP contribution in [0.1, 0.15) is 10.5 Å². The maximum atomic E-state index is 11.2. The van der Waals surface area contributed by atoms with E-state index in [-0.39, 0.29) is 0 Å². The first-order valence-electron chi connectivity index (χ1n) is 5.98. The summed E-state index contributed by atoms with van der Waals surface area (Å²) >= 11 is 0. The molecule has 0 aliphatic carbocycles. The minimum absolute atomic E-state index is 0.414. The van der Waals surface area contributed by atoms with Crippen LogP contribution < -0.4 is 16.0 Å². The summed E-state index contributed by atoms with van der Waals surface area (Å²) in [7, 11) is 0. The highest BCUT2D eigenvalue weighted by Gasteiger charge is 2.13. The number of rotatable bonds is 2. The third-order valence-corrected chi connectivity index (χ3v) is 3.23. The first kappa shape index (κ1) is 11.0. The average Bonchev–Trinajstić information content (AvgIpc) is 2.82. The van der Waals surface area contributed by atoms with Crippen LogP contribution in [-0.4, -0.2) is 41.5 Å². The van der Waals surface area contributed by atoms with Gasteiger partial charge in [0.25, 0.3) is 5.91 Å². The quantitative estimate of drug-likeness (QED) is 0.771. The Morgan fingerprint density at radius 1 is 1.39 bits per heavy atom. The Morgan fingerprint density at radius 3 is 2.89 bits per heavy atom. The van der Waals surface area contributed by atoms with Gasteiger partial charge in [0.1, 0.15) is 11.3 Å². The molecule has 18 heavy (non-hydrogen) atoms. The minimum atomic E-state index is -0.461. The van der Waals surface area contributed by atoms with Gasteiger partial charge < -0.3 is 16.0 Å². The highest BCUT2D eigenvalue weighted by molar-refractivity contribution is 5.91. The molecule has 0 atom stereocenters. The van der Waals surface area contributed by atoms with E-state index in [4.69, 9.17) is 5.73 Å². The monoisotopic (exact) mass is 245 g/mol. The molecule has 6 heteroatoms. The standard InChI is InChI=1S/C12H15N5O/c13-12(18)10-8-15-11-7-9(1-4-17(10)11)16-5-2-14-3-6-16/h1,4,7-8,14H,2-3,5-6H2,(H2,13,18). The molecule has 3 N–H and O–H groups in total. The van der Waals surface area contributed by atoms with Crippen molar-refractivity contribution >= 4 is 17.2 Å². The number of nitrogens with zero attached hydrogens (tertiary/aromatic N) is 3. The normalized spacial score (nSPS) is 16.1. The molecule has 1 aliphatic heterocycles. The van der Waals surface area contributed by atoms with Crippen LogP contribution in [0, 0.1) is 0 Å². The predicted molar refractivity (Wildman–Crippen MR) is 68.8 cm³/mol. The van der Waals surface area contributed by atoms with Gasteiger partial charge in [-0.2, -0.15) is 0 Å². The lowest BCUT2D eigenvalue weighted by Gasteiger charge is -2.29. The summed E-state index contributed by atoms with van der Waals surface area (Å²) < 4.78 is 1.72. The van der Waals surface area contributed by atoms with E-state index >= 15 is 0 Å². The second-order valence-electron chi connectivity index (χ2n) is 4.36. The van der Waals surface area contributed by atoms with Crippen LogP contribution in [0.5, 0.6) is 0 Å². The van der Waals surface area contributed by atoms with Crippen molar-refractivity contribution in [3.05, 3.63) is 30.2 Å². The molecule has 94 valence electrons. The molecule has 0 unspecified atom stereocenters. The molecule has 3 heterocycles. The van der Waals surface area contributed by atoms with E-state index in [0.717, 1.165) is 37.5 Å². The van der Waals surface area contributed by atoms with Gasteiger partial charge in [-0.1, -0.05) is 0 Å². The second-order valence-corrected chi connectivity index (χ2v) is 4.36. The number of anilines is 1. The van der Waals surface area contributed by atoms with Gasteiger partial charge in [0.05, 0.1) is 6.20 Å². The number of amides is 1. The number of hydrogen-bond donors (Lipinski definition) is 2. The lowest BCUT2D eigenvalue weighted by molar-refractivity contribution is 0.0995. The SMILES string of the molecule is NC(=O)c1cnc2cc(N3CCNCC3)ccn12. The van der Waals surface area contributed by atoms with E-state index in [1.807, 2.05) is 18.3 Å². The third kappa shape index (κ3) is 1.80. The van der Waals surface area contributed by atoms with Crippen LogP contribution in [0.3, 0.4) is 0 Å². The van der Waals surface area contributed by atoms with Crippen LogP contribution in [-0.2, 0) is 0 Å². The van der Waals surface area contributed by atoms with Gasteiger partial charge in [-0.25, -0.2) is 4.98 Å². The molecule has 0 bridgehead atoms. The average molecular weight is 245 g/mol. The summed E-state index contributed by atoms with van der Waals surface area (Å²) in [6.07, 6.45) is 3.36. The van der Waals surface area contributed by atoms with E-state index in [1.54, 1.807) is 4.40 Å². The number of hydrogen-bond acceptors (Lipinski definition) is 4. The number of pyridine rings is 1. The van der Waals surface area contributed by atoms with E-state index in [9.17, 15) is 4.79 Å². The van der Waals surface area contributed by atoms with E-state index < -0.39 is 5.91 Å². The van der Waals surface area contributed by atoms with Gasteiger partial charge in [0.2, 0.25) is 0 Å². The number of fused-ring (bicyclic) bond motifs is 1. The van der Waals surface area contributed by atoms with Gasteiger partial charge in [0.15, 0.2) is 0 Å². The molecule has 1 aliphatic rings. The summed E-state index contributed by atoms with van der Waals surface area (Å²) in [6, 6.07) is 3.98. The van der Waals surface area contributed by atoms with Crippen LogP contribution >= 0.6 is 0 Å². The fourth-order valence-electron chi connectivity index (χ4n) is 2.27. The Balaban J connectivity index is 1.98. The van der Waals surface area contributed by atoms with Crippen molar-refractivity contribution in [3.63, 3.8) is 0 Å². The first-order chi connectivity index (χ1) is 8.75. The largest absolute Gasteiger partial charge is 0.369 e. The Kier molecular flexibility index (Phi) is 2.64. The summed E-state index contributed by atoms with van der Waals surface area (Å²) in [5.74, 6) is -0.461. The molecule has 0 radical (unpaired) electrons. The summed E-state index contributed by atoms with van der Waals surface area (Å²) in [6.45, 7) is 3.96. The highest BCUT2D eigenvalue weighted by atomic mass is 16.1. The summed E-state index contributed by atoms with van der Waals surface area (Å²) in [5, 5.41) is 3.32. The van der Waals surface area contributed by atoms with E-state index in [1.165, 1.54) is 6.20 Å². The summed E-state index contributed by atoms with van der Waals surface area (Å²) in [4.78, 5) is 17.7. The fourth-order valence-corrected chi connectivity index (χ4v) is 2.27. The number of carbonyl (C=O) groups excluding carboxylic acids is 1. The predicted octanol–water partition coefficient (Wildman–Crippen LogP) is -0.157. The molecule has 1 saturated heterocycles. The number of carbonyl (C=O) groups is 1. The second kappa shape index (κ2) is 4.30. The molecule has 0 saturated carbocycles. The van der Waals surface area contributed by atoms with Crippen molar-refractivity contribution in [1.29, 1.82) is 0 Å². The fraction of sp³-hybridized carbons (Fsp3) is 0.333. The smallest absolute Gasteiger partial charge is 0.267 e. The van der Waals surface area contributed by atoms with Crippen LogP contribution in [0.25, 0.3) is 5.65 Å². The van der Waals surface area contributed by atoms with Crippen LogP contribution in [0.2, 0.25) is 0 Å². The van der Waals surface area contributed by atoms with Gasteiger partial charge in [-0.3, -0.25) is 9.20 Å². The van der Waals surface area contributed by atoms with Gasteiger partial charge in [0, 0.05) is 44.1 Å². The highest BCUT2D eigenvalue weighted by Crippen LogP contribution is 2.18. The van der Waals surface area contributed by atoms with Gasteiger partial charge in [-0.15, -0.1) is 0 Å². The van der Waals surface area contributed by atoms with Crippen LogP contribution in [0.4, 0.5) is 5.69 Å². The molecule has 0 aromatic carbocycles. The van der Waals surface area contributed by atoms with Crippen molar-refractivity contribution in [2.75, 3.05) is 31.1 Å². The topological polar surface area (TPSA) is 75.7 Å². The summed E-state index contributed by atoms with van der Waals surface area (Å²) in [5.41, 5.74) is 7.58. The maximum Gasteiger partial charge on any atom is 0.267 e. The minimum Gasteiger partial charge on any atom is -0.369 e. The molecule has 1 amide bonds. The van der Waals surface area contributed by atoms with Gasteiger partial charge >= 0.3 is 0 Å². The molecule has 0 spiro atoms. The maximum absolute atomic E-state index is 11.2. The Hall–Kier alpha value is -2.08. The Bertz CT molecular complexity index is 585. The number of nitrogens with two attached hydrogens (primary N) is 1. The molecular weight excluding hydrogens is 230 g/mol. The number of piperazine rings is 1. The molecule has 6 nitrogen and oxygen atoms in total. The zero-order chi connectivity index (χ0) is 12.5. The van der Waals surface area contributed by atoms with Crippen molar-refractivity contribution < 1.29 is 4.79 Å². The zero-order valence-corrected chi connectivity index (χ0v) is 9.97. The molecule has 2 aromatic rings. The number of aromatic nitrogens is 2. The zero-order valence-electron chi connectivity index (χ0n) is 9.97. The Labute approximate surface area is 104 Å². The lowest BCUT2D eigenvalue weighted by Crippen LogP contribution is -2.43. The molecular formula is C12H15N5O.